The molecule has 5 rings (SSSR count). The first-order valence-electron chi connectivity index (χ1n) is 9.43. The molecule has 1 saturated carbocycles. The van der Waals surface area contributed by atoms with E-state index in [2.05, 4.69) is 27.9 Å². The standard InChI is InChI=1S/C21H22N4O/c1-13-10-20(23-15-8-9-26-19(11-15)14-6-7-14)25-18-5-3-2-4-17(18)24-21(25)16(13)12-22/h2-5,10,14-15,19,23H,6-9,11H2,1H3. The molecule has 2 aromatic heterocycles. The Morgan fingerprint density at radius 1 is 1.27 bits per heavy atom. The maximum absolute atomic E-state index is 9.62. The van der Waals surface area contributed by atoms with E-state index in [-0.39, 0.29) is 0 Å². The van der Waals surface area contributed by atoms with Gasteiger partial charge in [0.2, 0.25) is 0 Å². The number of para-hydroxylation sites is 2. The van der Waals surface area contributed by atoms with Crippen LogP contribution in [-0.4, -0.2) is 28.1 Å². The Balaban J connectivity index is 1.59. The monoisotopic (exact) mass is 346 g/mol. The SMILES string of the molecule is Cc1cc(NC2CCOC(C3CC3)C2)n2c(nc3ccccc32)c1C#N. The molecule has 3 aromatic rings. The third-order valence-corrected chi connectivity index (χ3v) is 5.70. The summed E-state index contributed by atoms with van der Waals surface area (Å²) < 4.78 is 8.07. The Hall–Kier alpha value is -2.58. The van der Waals surface area contributed by atoms with Crippen molar-refractivity contribution in [2.75, 3.05) is 11.9 Å². The number of aromatic nitrogens is 2. The molecular weight excluding hydrogens is 324 g/mol. The van der Waals surface area contributed by atoms with Crippen molar-refractivity contribution < 1.29 is 4.74 Å². The van der Waals surface area contributed by atoms with E-state index < -0.39 is 0 Å². The van der Waals surface area contributed by atoms with Gasteiger partial charge in [0, 0.05) is 12.6 Å². The van der Waals surface area contributed by atoms with Gasteiger partial charge in [-0.15, -0.1) is 0 Å². The second kappa shape index (κ2) is 6.00. The van der Waals surface area contributed by atoms with Gasteiger partial charge in [0.15, 0.2) is 5.65 Å². The lowest BCUT2D eigenvalue weighted by atomic mass is 10.00. The fourth-order valence-corrected chi connectivity index (χ4v) is 4.16. The fourth-order valence-electron chi connectivity index (χ4n) is 4.16. The van der Waals surface area contributed by atoms with Crippen LogP contribution >= 0.6 is 0 Å². The highest BCUT2D eigenvalue weighted by Gasteiger charge is 2.36. The summed E-state index contributed by atoms with van der Waals surface area (Å²) in [6.45, 7) is 2.81. The van der Waals surface area contributed by atoms with E-state index in [1.165, 1.54) is 12.8 Å². The predicted octanol–water partition coefficient (Wildman–Crippen LogP) is 4.04. The Morgan fingerprint density at radius 3 is 2.92 bits per heavy atom. The topological polar surface area (TPSA) is 62.4 Å². The molecule has 3 heterocycles. The zero-order chi connectivity index (χ0) is 17.7. The van der Waals surface area contributed by atoms with Crippen molar-refractivity contribution >= 4 is 22.5 Å². The van der Waals surface area contributed by atoms with Gasteiger partial charge in [-0.3, -0.25) is 4.40 Å². The average molecular weight is 346 g/mol. The zero-order valence-electron chi connectivity index (χ0n) is 14.9. The van der Waals surface area contributed by atoms with E-state index in [4.69, 9.17) is 9.72 Å². The number of hydrogen-bond acceptors (Lipinski definition) is 4. The van der Waals surface area contributed by atoms with Crippen molar-refractivity contribution in [3.63, 3.8) is 0 Å². The van der Waals surface area contributed by atoms with Gasteiger partial charge >= 0.3 is 0 Å². The third kappa shape index (κ3) is 2.53. The average Bonchev–Trinajstić information content (AvgIpc) is 3.42. The van der Waals surface area contributed by atoms with Crippen LogP contribution in [0.4, 0.5) is 5.82 Å². The van der Waals surface area contributed by atoms with Crippen molar-refractivity contribution in [2.45, 2.75) is 44.8 Å². The second-order valence-electron chi connectivity index (χ2n) is 7.57. The number of fused-ring (bicyclic) bond motifs is 3. The van der Waals surface area contributed by atoms with Crippen LogP contribution in [-0.2, 0) is 4.74 Å². The number of aryl methyl sites for hydroxylation is 1. The number of benzene rings is 1. The molecule has 0 bridgehead atoms. The van der Waals surface area contributed by atoms with E-state index in [1.807, 2.05) is 25.1 Å². The number of nitrogens with zero attached hydrogens (tertiary/aromatic N) is 3. The normalized spacial score (nSPS) is 23.2. The Morgan fingerprint density at radius 2 is 2.12 bits per heavy atom. The van der Waals surface area contributed by atoms with Gasteiger partial charge in [-0.05, 0) is 62.3 Å². The maximum atomic E-state index is 9.62. The number of hydrogen-bond donors (Lipinski definition) is 1. The summed E-state index contributed by atoms with van der Waals surface area (Å²) >= 11 is 0. The first-order valence-corrected chi connectivity index (χ1v) is 9.43. The highest BCUT2D eigenvalue weighted by Crippen LogP contribution is 2.38. The molecule has 1 aliphatic heterocycles. The second-order valence-corrected chi connectivity index (χ2v) is 7.57. The summed E-state index contributed by atoms with van der Waals surface area (Å²) in [7, 11) is 0. The van der Waals surface area contributed by atoms with Crippen LogP contribution in [0.25, 0.3) is 16.7 Å². The number of nitriles is 1. The Bertz CT molecular complexity index is 1030. The van der Waals surface area contributed by atoms with Crippen LogP contribution in [0, 0.1) is 24.2 Å². The molecule has 2 fully saturated rings. The first kappa shape index (κ1) is 15.7. The first-order chi connectivity index (χ1) is 12.7. The molecule has 5 heteroatoms. The quantitative estimate of drug-likeness (QED) is 0.777. The Labute approximate surface area is 152 Å². The molecule has 0 amide bonds. The van der Waals surface area contributed by atoms with Crippen LogP contribution in [0.2, 0.25) is 0 Å². The summed E-state index contributed by atoms with van der Waals surface area (Å²) in [5.74, 6) is 1.78. The van der Waals surface area contributed by atoms with Gasteiger partial charge in [0.05, 0.1) is 22.7 Å². The molecule has 26 heavy (non-hydrogen) atoms. The van der Waals surface area contributed by atoms with Crippen molar-refractivity contribution in [3.8, 4) is 6.07 Å². The number of pyridine rings is 1. The molecule has 1 N–H and O–H groups in total. The number of ether oxygens (including phenoxy) is 1. The Kier molecular flexibility index (Phi) is 3.61. The van der Waals surface area contributed by atoms with Gasteiger partial charge < -0.3 is 10.1 Å². The molecule has 0 radical (unpaired) electrons. The molecule has 2 unspecified atom stereocenters. The molecule has 2 aliphatic rings. The molecule has 0 spiro atoms. The lowest BCUT2D eigenvalue weighted by molar-refractivity contribution is -0.00224. The molecule has 2 atom stereocenters. The van der Waals surface area contributed by atoms with Gasteiger partial charge in [-0.2, -0.15) is 5.26 Å². The van der Waals surface area contributed by atoms with Gasteiger partial charge in [0.1, 0.15) is 11.9 Å². The highest BCUT2D eigenvalue weighted by molar-refractivity contribution is 5.85. The number of rotatable bonds is 3. The van der Waals surface area contributed by atoms with Crippen LogP contribution in [0.1, 0.15) is 36.8 Å². The van der Waals surface area contributed by atoms with Gasteiger partial charge in [-0.25, -0.2) is 4.98 Å². The van der Waals surface area contributed by atoms with E-state index in [1.54, 1.807) is 0 Å². The van der Waals surface area contributed by atoms with Gasteiger partial charge in [-0.1, -0.05) is 12.1 Å². The highest BCUT2D eigenvalue weighted by atomic mass is 16.5. The molecule has 1 aromatic carbocycles. The number of anilines is 1. The van der Waals surface area contributed by atoms with E-state index in [0.717, 1.165) is 53.4 Å². The molecule has 1 aliphatic carbocycles. The molecule has 5 nitrogen and oxygen atoms in total. The zero-order valence-corrected chi connectivity index (χ0v) is 14.9. The largest absolute Gasteiger partial charge is 0.378 e. The van der Waals surface area contributed by atoms with Crippen LogP contribution in [0.5, 0.6) is 0 Å². The lowest BCUT2D eigenvalue weighted by Gasteiger charge is -2.31. The lowest BCUT2D eigenvalue weighted by Crippen LogP contribution is -2.35. The van der Waals surface area contributed by atoms with E-state index in [0.29, 0.717) is 17.7 Å². The summed E-state index contributed by atoms with van der Waals surface area (Å²) in [4.78, 5) is 4.73. The van der Waals surface area contributed by atoms with Crippen LogP contribution < -0.4 is 5.32 Å². The van der Waals surface area contributed by atoms with Crippen molar-refractivity contribution in [3.05, 3.63) is 41.5 Å². The van der Waals surface area contributed by atoms with Crippen molar-refractivity contribution in [1.82, 2.24) is 9.38 Å². The number of nitrogens with one attached hydrogen (secondary N) is 1. The van der Waals surface area contributed by atoms with Crippen molar-refractivity contribution in [1.29, 1.82) is 5.26 Å². The molecule has 132 valence electrons. The van der Waals surface area contributed by atoms with Crippen LogP contribution in [0.3, 0.4) is 0 Å². The van der Waals surface area contributed by atoms with Crippen LogP contribution in [0.15, 0.2) is 30.3 Å². The van der Waals surface area contributed by atoms with Crippen molar-refractivity contribution in [2.24, 2.45) is 5.92 Å². The van der Waals surface area contributed by atoms with E-state index in [9.17, 15) is 5.26 Å². The summed E-state index contributed by atoms with van der Waals surface area (Å²) in [6, 6.07) is 12.9. The summed E-state index contributed by atoms with van der Waals surface area (Å²) in [5.41, 5.74) is 4.30. The van der Waals surface area contributed by atoms with E-state index >= 15 is 0 Å². The minimum absolute atomic E-state index is 0.394. The fraction of sp³-hybridized carbons (Fsp3) is 0.429. The third-order valence-electron chi connectivity index (χ3n) is 5.70. The minimum Gasteiger partial charge on any atom is -0.378 e. The predicted molar refractivity (Wildman–Crippen MR) is 101 cm³/mol. The maximum Gasteiger partial charge on any atom is 0.157 e. The smallest absolute Gasteiger partial charge is 0.157 e. The molecule has 1 saturated heterocycles. The molecular formula is C21H22N4O. The number of imidazole rings is 1. The summed E-state index contributed by atoms with van der Waals surface area (Å²) in [5, 5.41) is 13.4. The van der Waals surface area contributed by atoms with Gasteiger partial charge in [0.25, 0.3) is 0 Å². The minimum atomic E-state index is 0.394. The summed E-state index contributed by atoms with van der Waals surface area (Å²) in [6.07, 6.45) is 5.08.